The quantitative estimate of drug-likeness (QED) is 0.744. The fourth-order valence-corrected chi connectivity index (χ4v) is 1.80. The Hall–Kier alpha value is -1.77. The van der Waals surface area contributed by atoms with Crippen LogP contribution in [0.2, 0.25) is 0 Å². The molecule has 15 heavy (non-hydrogen) atoms. The highest BCUT2D eigenvalue weighted by molar-refractivity contribution is 5.95. The third-order valence-corrected chi connectivity index (χ3v) is 2.45. The molecule has 0 spiro atoms. The number of allylic oxidation sites excluding steroid dienone is 1. The van der Waals surface area contributed by atoms with E-state index in [4.69, 9.17) is 0 Å². The lowest BCUT2D eigenvalue weighted by Gasteiger charge is -2.17. The van der Waals surface area contributed by atoms with Gasteiger partial charge in [-0.1, -0.05) is 24.8 Å². The third-order valence-electron chi connectivity index (χ3n) is 2.45. The van der Waals surface area contributed by atoms with Gasteiger partial charge < -0.3 is 5.32 Å². The SMILES string of the molecule is C=C(C)NC(=O)N1CCc2ccccc21. The van der Waals surface area contributed by atoms with Crippen LogP contribution in [-0.4, -0.2) is 12.6 Å². The summed E-state index contributed by atoms with van der Waals surface area (Å²) >= 11 is 0. The molecular weight excluding hydrogens is 188 g/mol. The molecule has 0 saturated heterocycles. The number of hydrogen-bond donors (Lipinski definition) is 1. The van der Waals surface area contributed by atoms with Crippen LogP contribution < -0.4 is 10.2 Å². The predicted molar refractivity (Wildman–Crippen MR) is 60.8 cm³/mol. The summed E-state index contributed by atoms with van der Waals surface area (Å²) in [5.41, 5.74) is 2.91. The lowest BCUT2D eigenvalue weighted by Crippen LogP contribution is -2.37. The molecule has 78 valence electrons. The largest absolute Gasteiger partial charge is 0.326 e. The lowest BCUT2D eigenvalue weighted by molar-refractivity contribution is 0.249. The highest BCUT2D eigenvalue weighted by Gasteiger charge is 2.23. The number of hydrogen-bond acceptors (Lipinski definition) is 1. The highest BCUT2D eigenvalue weighted by atomic mass is 16.2. The van der Waals surface area contributed by atoms with Crippen molar-refractivity contribution in [1.29, 1.82) is 0 Å². The molecule has 1 aliphatic heterocycles. The van der Waals surface area contributed by atoms with Gasteiger partial charge in [-0.3, -0.25) is 4.90 Å². The van der Waals surface area contributed by atoms with Crippen LogP contribution in [-0.2, 0) is 6.42 Å². The van der Waals surface area contributed by atoms with Gasteiger partial charge in [-0.2, -0.15) is 0 Å². The number of carbonyl (C=O) groups excluding carboxylic acids is 1. The molecule has 0 aliphatic carbocycles. The second-order valence-electron chi connectivity index (χ2n) is 3.74. The standard InChI is InChI=1S/C12H14N2O/c1-9(2)13-12(15)14-8-7-10-5-3-4-6-11(10)14/h3-6H,1,7-8H2,2H3,(H,13,15). The van der Waals surface area contributed by atoms with Crippen LogP contribution in [0.1, 0.15) is 12.5 Å². The van der Waals surface area contributed by atoms with Crippen LogP contribution in [0.5, 0.6) is 0 Å². The van der Waals surface area contributed by atoms with E-state index in [-0.39, 0.29) is 6.03 Å². The average molecular weight is 202 g/mol. The average Bonchev–Trinajstić information content (AvgIpc) is 2.59. The molecule has 2 amide bonds. The van der Waals surface area contributed by atoms with Gasteiger partial charge in [0, 0.05) is 17.9 Å². The van der Waals surface area contributed by atoms with E-state index in [9.17, 15) is 4.79 Å². The van der Waals surface area contributed by atoms with Crippen LogP contribution in [0.4, 0.5) is 10.5 Å². The summed E-state index contributed by atoms with van der Waals surface area (Å²) < 4.78 is 0. The molecule has 0 radical (unpaired) electrons. The van der Waals surface area contributed by atoms with E-state index in [1.807, 2.05) is 18.2 Å². The van der Waals surface area contributed by atoms with Crippen molar-refractivity contribution in [3.05, 3.63) is 42.1 Å². The second-order valence-corrected chi connectivity index (χ2v) is 3.74. The maximum Gasteiger partial charge on any atom is 0.326 e. The summed E-state index contributed by atoms with van der Waals surface area (Å²) in [4.78, 5) is 13.5. The van der Waals surface area contributed by atoms with E-state index >= 15 is 0 Å². The number of nitrogens with zero attached hydrogens (tertiary/aromatic N) is 1. The van der Waals surface area contributed by atoms with E-state index in [0.29, 0.717) is 5.70 Å². The first-order chi connectivity index (χ1) is 7.18. The van der Waals surface area contributed by atoms with Gasteiger partial charge in [0.1, 0.15) is 0 Å². The molecule has 3 heteroatoms. The topological polar surface area (TPSA) is 32.3 Å². The number of nitrogens with one attached hydrogen (secondary N) is 1. The number of fused-ring (bicyclic) bond motifs is 1. The Balaban J connectivity index is 2.20. The summed E-state index contributed by atoms with van der Waals surface area (Å²) in [6, 6.07) is 7.89. The first kappa shape index (κ1) is 9.77. The minimum absolute atomic E-state index is 0.0903. The van der Waals surface area contributed by atoms with Crippen molar-refractivity contribution >= 4 is 11.7 Å². The minimum Gasteiger partial charge on any atom is -0.312 e. The molecule has 0 unspecified atom stereocenters. The van der Waals surface area contributed by atoms with Crippen LogP contribution in [0.3, 0.4) is 0 Å². The minimum atomic E-state index is -0.0903. The van der Waals surface area contributed by atoms with Gasteiger partial charge in [-0.05, 0) is 25.0 Å². The van der Waals surface area contributed by atoms with Crippen LogP contribution in [0, 0.1) is 0 Å². The van der Waals surface area contributed by atoms with Crippen molar-refractivity contribution in [3.63, 3.8) is 0 Å². The zero-order valence-corrected chi connectivity index (χ0v) is 8.79. The smallest absolute Gasteiger partial charge is 0.312 e. The molecule has 0 aromatic heterocycles. The van der Waals surface area contributed by atoms with Crippen molar-refractivity contribution in [3.8, 4) is 0 Å². The first-order valence-electron chi connectivity index (χ1n) is 5.00. The molecule has 3 nitrogen and oxygen atoms in total. The maximum absolute atomic E-state index is 11.8. The second kappa shape index (κ2) is 3.77. The predicted octanol–water partition coefficient (Wildman–Crippen LogP) is 2.29. The number of rotatable bonds is 1. The van der Waals surface area contributed by atoms with Gasteiger partial charge in [0.15, 0.2) is 0 Å². The number of benzene rings is 1. The molecular formula is C12H14N2O. The molecule has 0 saturated carbocycles. The van der Waals surface area contributed by atoms with Gasteiger partial charge in [-0.25, -0.2) is 4.79 Å². The van der Waals surface area contributed by atoms with Crippen molar-refractivity contribution in [1.82, 2.24) is 5.32 Å². The van der Waals surface area contributed by atoms with Gasteiger partial charge in [0.25, 0.3) is 0 Å². The Kier molecular flexibility index (Phi) is 2.46. The maximum atomic E-state index is 11.8. The molecule has 1 N–H and O–H groups in total. The van der Waals surface area contributed by atoms with E-state index in [2.05, 4.69) is 18.0 Å². The zero-order chi connectivity index (χ0) is 10.8. The van der Waals surface area contributed by atoms with Crippen LogP contribution in [0.25, 0.3) is 0 Å². The summed E-state index contributed by atoms with van der Waals surface area (Å²) in [6.45, 7) is 6.19. The highest BCUT2D eigenvalue weighted by Crippen LogP contribution is 2.27. The van der Waals surface area contributed by atoms with Gasteiger partial charge in [0.05, 0.1) is 0 Å². The van der Waals surface area contributed by atoms with E-state index in [1.165, 1.54) is 5.56 Å². The van der Waals surface area contributed by atoms with Crippen LogP contribution >= 0.6 is 0 Å². The molecule has 0 atom stereocenters. The van der Waals surface area contributed by atoms with Gasteiger partial charge >= 0.3 is 6.03 Å². The van der Waals surface area contributed by atoms with E-state index < -0.39 is 0 Å². The fourth-order valence-electron chi connectivity index (χ4n) is 1.80. The molecule has 2 rings (SSSR count). The van der Waals surface area contributed by atoms with Gasteiger partial charge in [0.2, 0.25) is 0 Å². The first-order valence-corrected chi connectivity index (χ1v) is 5.00. The Morgan fingerprint density at radius 2 is 2.20 bits per heavy atom. The molecule has 0 bridgehead atoms. The summed E-state index contributed by atoms with van der Waals surface area (Å²) in [5, 5.41) is 2.72. The van der Waals surface area contributed by atoms with E-state index in [1.54, 1.807) is 11.8 Å². The normalized spacial score (nSPS) is 13.5. The van der Waals surface area contributed by atoms with Gasteiger partial charge in [-0.15, -0.1) is 0 Å². The number of anilines is 1. The zero-order valence-electron chi connectivity index (χ0n) is 8.79. The third kappa shape index (κ3) is 1.86. The fraction of sp³-hybridized carbons (Fsp3) is 0.250. The summed E-state index contributed by atoms with van der Waals surface area (Å²) in [5.74, 6) is 0. The Bertz CT molecular complexity index is 412. The Morgan fingerprint density at radius 1 is 1.47 bits per heavy atom. The molecule has 0 fully saturated rings. The van der Waals surface area contributed by atoms with Crippen molar-refractivity contribution < 1.29 is 4.79 Å². The number of para-hydroxylation sites is 1. The summed E-state index contributed by atoms with van der Waals surface area (Å²) in [7, 11) is 0. The molecule has 1 aromatic carbocycles. The monoisotopic (exact) mass is 202 g/mol. The van der Waals surface area contributed by atoms with E-state index in [0.717, 1.165) is 18.7 Å². The van der Waals surface area contributed by atoms with Crippen molar-refractivity contribution in [2.75, 3.05) is 11.4 Å². The van der Waals surface area contributed by atoms with Crippen molar-refractivity contribution in [2.24, 2.45) is 0 Å². The Morgan fingerprint density at radius 3 is 2.93 bits per heavy atom. The van der Waals surface area contributed by atoms with Crippen LogP contribution in [0.15, 0.2) is 36.5 Å². The number of urea groups is 1. The molecule has 1 heterocycles. The Labute approximate surface area is 89.4 Å². The summed E-state index contributed by atoms with van der Waals surface area (Å²) in [6.07, 6.45) is 0.930. The molecule has 1 aliphatic rings. The number of amides is 2. The lowest BCUT2D eigenvalue weighted by atomic mass is 10.2. The van der Waals surface area contributed by atoms with Crippen molar-refractivity contribution in [2.45, 2.75) is 13.3 Å². The molecule has 1 aromatic rings. The number of carbonyl (C=O) groups is 1.